The zero-order valence-electron chi connectivity index (χ0n) is 36.5. The van der Waals surface area contributed by atoms with E-state index in [0.29, 0.717) is 0 Å². The molecular formula is C36H80B2F5N5O6. The van der Waals surface area contributed by atoms with Crippen LogP contribution in [0.15, 0.2) is 0 Å². The molecule has 0 unspecified atom stereocenters. The molecule has 18 heteroatoms. The van der Waals surface area contributed by atoms with Crippen LogP contribution in [0.2, 0.25) is 0 Å². The van der Waals surface area contributed by atoms with Gasteiger partial charge in [-0.3, -0.25) is 0 Å². The van der Waals surface area contributed by atoms with Crippen molar-refractivity contribution in [3.8, 4) is 5.75 Å². The summed E-state index contributed by atoms with van der Waals surface area (Å²) in [7, 11) is -4.86. The zero-order valence-corrected chi connectivity index (χ0v) is 36.5. The van der Waals surface area contributed by atoms with Gasteiger partial charge in [0.05, 0.1) is 0 Å². The van der Waals surface area contributed by atoms with E-state index in [1.54, 1.807) is 0 Å². The van der Waals surface area contributed by atoms with E-state index in [9.17, 15) is 22.0 Å². The highest BCUT2D eigenvalue weighted by Crippen LogP contribution is 2.29. The van der Waals surface area contributed by atoms with Crippen molar-refractivity contribution in [2.24, 2.45) is 0 Å². The molecule has 0 aromatic heterocycles. The first-order valence-corrected chi connectivity index (χ1v) is 19.5. The Labute approximate surface area is 327 Å². The minimum absolute atomic E-state index is 1.19. The van der Waals surface area contributed by atoms with Gasteiger partial charge < -0.3 is 54.3 Å². The summed E-state index contributed by atoms with van der Waals surface area (Å²) in [5.41, 5.74) is 0. The van der Waals surface area contributed by atoms with Gasteiger partial charge in [-0.05, 0) is 98.2 Å². The normalized spacial score (nSPS) is 10.0. The number of hydrogen-bond donors (Lipinski definition) is 5. The van der Waals surface area contributed by atoms with Crippen LogP contribution in [0.25, 0.3) is 0 Å². The Morgan fingerprint density at radius 3 is 0.556 bits per heavy atom. The Morgan fingerprint density at radius 1 is 0.333 bits per heavy atom. The van der Waals surface area contributed by atoms with Crippen LogP contribution in [-0.4, -0.2) is 162 Å². The topological polar surface area (TPSA) is 127 Å². The van der Waals surface area contributed by atoms with Crippen molar-refractivity contribution >= 4 is 14.6 Å². The fourth-order valence-electron chi connectivity index (χ4n) is 4.15. The highest BCUT2D eigenvalue weighted by Gasteiger charge is 2.29. The van der Waals surface area contributed by atoms with E-state index in [4.69, 9.17) is 25.1 Å². The maximum atomic E-state index is 12.7. The van der Waals surface area contributed by atoms with Gasteiger partial charge in [0, 0.05) is 0 Å². The van der Waals surface area contributed by atoms with Crippen LogP contribution in [0.5, 0.6) is 5.75 Å². The lowest BCUT2D eigenvalue weighted by atomic mass is 10.2. The van der Waals surface area contributed by atoms with Gasteiger partial charge >= 0.3 is 14.6 Å². The van der Waals surface area contributed by atoms with Gasteiger partial charge in [0.2, 0.25) is 29.1 Å². The molecule has 0 saturated carbocycles. The quantitative estimate of drug-likeness (QED) is 0.0601. The summed E-state index contributed by atoms with van der Waals surface area (Å²) in [4.78, 5) is 11.9. The van der Waals surface area contributed by atoms with Gasteiger partial charge in [-0.25, -0.2) is 13.2 Å². The van der Waals surface area contributed by atoms with E-state index in [2.05, 4.69) is 133 Å². The molecule has 0 bridgehead atoms. The molecule has 0 saturated heterocycles. The molecule has 0 aliphatic rings. The number of nitrogens with zero attached hydrogens (tertiary/aromatic N) is 5. The van der Waals surface area contributed by atoms with Crippen LogP contribution in [0.3, 0.4) is 0 Å². The summed E-state index contributed by atoms with van der Waals surface area (Å²) < 4.78 is 66.3. The van der Waals surface area contributed by atoms with Crippen molar-refractivity contribution in [1.29, 1.82) is 0 Å². The maximum absolute atomic E-state index is 12.7. The van der Waals surface area contributed by atoms with Crippen LogP contribution in [0, 0.1) is 29.1 Å². The molecule has 0 spiro atoms. The van der Waals surface area contributed by atoms with E-state index in [0.717, 1.165) is 0 Å². The summed E-state index contributed by atoms with van der Waals surface area (Å²) in [5, 5.41) is 37.8. The van der Waals surface area contributed by atoms with Gasteiger partial charge in [-0.15, -0.1) is 0 Å². The fraction of sp³-hybridized carbons (Fsp3) is 0.833. The molecule has 0 fully saturated rings. The number of benzene rings is 1. The second-order valence-corrected chi connectivity index (χ2v) is 10.8. The lowest BCUT2D eigenvalue weighted by Gasteiger charge is -2.13. The molecular weight excluding hydrogens is 715 g/mol. The predicted molar refractivity (Wildman–Crippen MR) is 217 cm³/mol. The SMILES string of the molecule is CCN(CC)CC.CCN(CC)CC.CCN(CC)CC.CCN(CC)CC.CCN(CC)CC.OB(O)O.OB(O)Oc1c(F)c(F)c(F)c(F)c1F. The van der Waals surface area contributed by atoms with E-state index < -0.39 is 49.5 Å². The molecule has 0 heterocycles. The van der Waals surface area contributed by atoms with Crippen LogP contribution < -0.4 is 4.65 Å². The van der Waals surface area contributed by atoms with Gasteiger partial charge in [0.25, 0.3) is 0 Å². The molecule has 11 nitrogen and oxygen atoms in total. The largest absolute Gasteiger partial charge is 0.707 e. The maximum Gasteiger partial charge on any atom is 0.707 e. The molecule has 0 amide bonds. The highest BCUT2D eigenvalue weighted by molar-refractivity contribution is 6.33. The van der Waals surface area contributed by atoms with Crippen LogP contribution in [0.1, 0.15) is 104 Å². The first kappa shape index (κ1) is 64.3. The minimum Gasteiger partial charge on any atom is -0.507 e. The molecule has 0 aliphatic carbocycles. The van der Waals surface area contributed by atoms with Crippen LogP contribution in [-0.2, 0) is 0 Å². The van der Waals surface area contributed by atoms with Crippen molar-refractivity contribution in [3.63, 3.8) is 0 Å². The Balaban J connectivity index is -0.000000130. The summed E-state index contributed by atoms with van der Waals surface area (Å²) in [6.07, 6.45) is 0. The molecule has 1 rings (SSSR count). The molecule has 0 atom stereocenters. The van der Waals surface area contributed by atoms with Crippen LogP contribution >= 0.6 is 0 Å². The lowest BCUT2D eigenvalue weighted by molar-refractivity contribution is 0.263. The molecule has 5 N–H and O–H groups in total. The molecule has 1 aromatic carbocycles. The van der Waals surface area contributed by atoms with Crippen molar-refractivity contribution in [1.82, 2.24) is 24.5 Å². The number of rotatable bonds is 17. The Morgan fingerprint density at radius 2 is 0.463 bits per heavy atom. The Hall–Kier alpha value is -1.60. The standard InChI is InChI=1S/C6H2BF5O3.5C6H15N.BH3O3/c8-1-2(9)4(11)6(15-7(13)14)5(12)3(1)10;5*1-4-7(5-2)6-3;2-1(3)4/h13-14H;5*4-6H2,1-3H3;2-4H. The second-order valence-electron chi connectivity index (χ2n) is 10.8. The first-order chi connectivity index (χ1) is 25.3. The van der Waals surface area contributed by atoms with Crippen LogP contribution in [0.4, 0.5) is 22.0 Å². The lowest BCUT2D eigenvalue weighted by Crippen LogP contribution is -2.23. The molecule has 0 aliphatic heterocycles. The summed E-state index contributed by atoms with van der Waals surface area (Å²) in [6.45, 7) is 50.6. The molecule has 0 radical (unpaired) electrons. The zero-order chi connectivity index (χ0) is 43.8. The van der Waals surface area contributed by atoms with Crippen molar-refractivity contribution in [2.45, 2.75) is 104 Å². The molecule has 326 valence electrons. The van der Waals surface area contributed by atoms with Crippen molar-refractivity contribution < 1.29 is 51.7 Å². The summed E-state index contributed by atoms with van der Waals surface area (Å²) in [5.74, 6) is -13.1. The van der Waals surface area contributed by atoms with Gasteiger partial charge in [0.15, 0.2) is 5.75 Å². The predicted octanol–water partition coefficient (Wildman–Crippen LogP) is 5.42. The van der Waals surface area contributed by atoms with Crippen molar-refractivity contribution in [3.05, 3.63) is 29.1 Å². The fourth-order valence-corrected chi connectivity index (χ4v) is 4.15. The molecule has 54 heavy (non-hydrogen) atoms. The molecule has 1 aromatic rings. The smallest absolute Gasteiger partial charge is 0.507 e. The third-order valence-electron chi connectivity index (χ3n) is 8.10. The van der Waals surface area contributed by atoms with Gasteiger partial charge in [0.1, 0.15) is 0 Å². The van der Waals surface area contributed by atoms with E-state index in [1.807, 2.05) is 0 Å². The van der Waals surface area contributed by atoms with Gasteiger partial charge in [-0.2, -0.15) is 8.78 Å². The summed E-state index contributed by atoms with van der Waals surface area (Å²) in [6, 6.07) is 0. The van der Waals surface area contributed by atoms with Crippen molar-refractivity contribution in [2.75, 3.05) is 98.2 Å². The average molecular weight is 796 g/mol. The number of hydrogen-bond acceptors (Lipinski definition) is 11. The van der Waals surface area contributed by atoms with Gasteiger partial charge in [-0.1, -0.05) is 104 Å². The average Bonchev–Trinajstić information content (AvgIpc) is 3.16. The number of halogens is 5. The third-order valence-corrected chi connectivity index (χ3v) is 8.10. The summed E-state index contributed by atoms with van der Waals surface area (Å²) >= 11 is 0. The minimum atomic E-state index is -2.70. The highest BCUT2D eigenvalue weighted by atomic mass is 19.2. The second kappa shape index (κ2) is 45.8. The first-order valence-electron chi connectivity index (χ1n) is 19.5. The third kappa shape index (κ3) is 38.7. The van der Waals surface area contributed by atoms with E-state index in [-0.39, 0.29) is 0 Å². The Kier molecular flexibility index (Phi) is 54.5. The monoisotopic (exact) mass is 796 g/mol. The Bertz CT molecular complexity index is 777. The van der Waals surface area contributed by atoms with E-state index in [1.165, 1.54) is 98.2 Å². The van der Waals surface area contributed by atoms with E-state index >= 15 is 0 Å².